The summed E-state index contributed by atoms with van der Waals surface area (Å²) in [6, 6.07) is 3.61. The van der Waals surface area contributed by atoms with Gasteiger partial charge in [-0.3, -0.25) is 4.98 Å². The van der Waals surface area contributed by atoms with E-state index in [9.17, 15) is 5.11 Å². The van der Waals surface area contributed by atoms with E-state index in [1.165, 1.54) is 6.33 Å². The molecular formula is C16H24N4O2. The van der Waals surface area contributed by atoms with E-state index in [-0.39, 0.29) is 6.04 Å². The minimum absolute atomic E-state index is 0.0639. The van der Waals surface area contributed by atoms with Crippen LogP contribution in [-0.4, -0.2) is 37.6 Å². The van der Waals surface area contributed by atoms with Crippen molar-refractivity contribution in [1.29, 1.82) is 0 Å². The number of rotatable bonds is 9. The van der Waals surface area contributed by atoms with Gasteiger partial charge in [-0.25, -0.2) is 9.67 Å². The van der Waals surface area contributed by atoms with Gasteiger partial charge in [-0.2, -0.15) is 5.10 Å². The Morgan fingerprint density at radius 1 is 1.23 bits per heavy atom. The van der Waals surface area contributed by atoms with E-state index in [0.29, 0.717) is 12.5 Å². The van der Waals surface area contributed by atoms with Gasteiger partial charge in [0.25, 0.3) is 0 Å². The van der Waals surface area contributed by atoms with E-state index in [4.69, 9.17) is 4.74 Å². The Balaban J connectivity index is 1.84. The van der Waals surface area contributed by atoms with Crippen molar-refractivity contribution in [3.8, 4) is 5.75 Å². The lowest BCUT2D eigenvalue weighted by Gasteiger charge is -2.24. The number of hydrogen-bond acceptors (Lipinski definition) is 5. The predicted octanol–water partition coefficient (Wildman–Crippen LogP) is 2.48. The zero-order chi connectivity index (χ0) is 15.8. The summed E-state index contributed by atoms with van der Waals surface area (Å²) in [5.74, 6) is 1.25. The highest BCUT2D eigenvalue weighted by Crippen LogP contribution is 2.22. The molecule has 2 unspecified atom stereocenters. The van der Waals surface area contributed by atoms with Crippen molar-refractivity contribution in [3.63, 3.8) is 0 Å². The molecule has 0 saturated carbocycles. The van der Waals surface area contributed by atoms with Gasteiger partial charge in [0.1, 0.15) is 18.4 Å². The third-order valence-electron chi connectivity index (χ3n) is 3.50. The number of hydrogen-bond donors (Lipinski definition) is 1. The van der Waals surface area contributed by atoms with E-state index >= 15 is 0 Å². The van der Waals surface area contributed by atoms with E-state index < -0.39 is 6.10 Å². The van der Waals surface area contributed by atoms with Gasteiger partial charge in [-0.15, -0.1) is 0 Å². The lowest BCUT2D eigenvalue weighted by Crippen LogP contribution is -2.26. The maximum absolute atomic E-state index is 10.4. The summed E-state index contributed by atoms with van der Waals surface area (Å²) in [6.45, 7) is 4.81. The molecule has 0 amide bonds. The van der Waals surface area contributed by atoms with Crippen LogP contribution < -0.4 is 4.74 Å². The van der Waals surface area contributed by atoms with Gasteiger partial charge in [-0.05, 0) is 37.3 Å². The summed E-state index contributed by atoms with van der Waals surface area (Å²) in [5.41, 5.74) is 0. The van der Waals surface area contributed by atoms with Gasteiger partial charge >= 0.3 is 0 Å². The number of pyridine rings is 1. The van der Waals surface area contributed by atoms with Crippen LogP contribution in [0.25, 0.3) is 0 Å². The van der Waals surface area contributed by atoms with Crippen LogP contribution in [0.2, 0.25) is 0 Å². The summed E-state index contributed by atoms with van der Waals surface area (Å²) in [4.78, 5) is 7.94. The Hall–Kier alpha value is -1.95. The molecule has 0 aliphatic heterocycles. The van der Waals surface area contributed by atoms with Gasteiger partial charge in [-0.1, -0.05) is 13.8 Å². The Morgan fingerprint density at radius 3 is 2.64 bits per heavy atom. The lowest BCUT2D eigenvalue weighted by atomic mass is 9.97. The topological polar surface area (TPSA) is 73.1 Å². The molecular weight excluding hydrogens is 280 g/mol. The Morgan fingerprint density at radius 2 is 2.00 bits per heavy atom. The molecule has 2 aromatic heterocycles. The highest BCUT2D eigenvalue weighted by atomic mass is 16.5. The van der Waals surface area contributed by atoms with Gasteiger partial charge in [0.2, 0.25) is 0 Å². The van der Waals surface area contributed by atoms with Crippen molar-refractivity contribution in [2.24, 2.45) is 5.92 Å². The molecule has 2 heterocycles. The lowest BCUT2D eigenvalue weighted by molar-refractivity contribution is 0.0773. The first kappa shape index (κ1) is 16.4. The average Bonchev–Trinajstić information content (AvgIpc) is 3.01. The van der Waals surface area contributed by atoms with Crippen molar-refractivity contribution in [2.75, 3.05) is 6.61 Å². The van der Waals surface area contributed by atoms with Crippen molar-refractivity contribution in [2.45, 2.75) is 45.3 Å². The molecule has 0 bridgehead atoms. The fraction of sp³-hybridized carbons (Fsp3) is 0.562. The van der Waals surface area contributed by atoms with Crippen LogP contribution in [0.1, 0.15) is 39.2 Å². The van der Waals surface area contributed by atoms with Gasteiger partial charge in [0.15, 0.2) is 0 Å². The maximum atomic E-state index is 10.4. The standard InChI is InChI=1S/C16H24N4O2/c1-13(2)10-16(21)15(20-12-18-11-19-20)4-3-9-22-14-5-7-17-8-6-14/h5-8,11-13,15-16,21H,3-4,9-10H2,1-2H3. The smallest absolute Gasteiger partial charge is 0.137 e. The zero-order valence-corrected chi connectivity index (χ0v) is 13.2. The summed E-state index contributed by atoms with van der Waals surface area (Å²) in [5, 5.41) is 14.6. The van der Waals surface area contributed by atoms with Gasteiger partial charge in [0, 0.05) is 12.4 Å². The summed E-state index contributed by atoms with van der Waals surface area (Å²) in [6.07, 6.45) is 8.53. The average molecular weight is 304 g/mol. The third kappa shape index (κ3) is 5.11. The summed E-state index contributed by atoms with van der Waals surface area (Å²) in [7, 11) is 0. The molecule has 2 atom stereocenters. The quantitative estimate of drug-likeness (QED) is 0.720. The summed E-state index contributed by atoms with van der Waals surface area (Å²) < 4.78 is 7.42. The Labute approximate surface area is 131 Å². The molecule has 22 heavy (non-hydrogen) atoms. The number of aromatic nitrogens is 4. The zero-order valence-electron chi connectivity index (χ0n) is 13.2. The van der Waals surface area contributed by atoms with Crippen molar-refractivity contribution in [1.82, 2.24) is 19.7 Å². The fourth-order valence-electron chi connectivity index (χ4n) is 2.45. The van der Waals surface area contributed by atoms with Crippen LogP contribution in [0.4, 0.5) is 0 Å². The molecule has 0 aromatic carbocycles. The van der Waals surface area contributed by atoms with E-state index in [1.54, 1.807) is 23.4 Å². The molecule has 1 N–H and O–H groups in total. The van der Waals surface area contributed by atoms with Gasteiger partial charge in [0.05, 0.1) is 18.8 Å². The monoisotopic (exact) mass is 304 g/mol. The minimum Gasteiger partial charge on any atom is -0.493 e. The molecule has 0 aliphatic carbocycles. The number of aliphatic hydroxyl groups excluding tert-OH is 1. The second-order valence-electron chi connectivity index (χ2n) is 5.81. The molecule has 0 spiro atoms. The first-order valence-electron chi connectivity index (χ1n) is 7.72. The van der Waals surface area contributed by atoms with Crippen LogP contribution in [0, 0.1) is 5.92 Å². The van der Waals surface area contributed by atoms with Crippen LogP contribution >= 0.6 is 0 Å². The van der Waals surface area contributed by atoms with Crippen LogP contribution in [0.3, 0.4) is 0 Å². The molecule has 120 valence electrons. The first-order valence-corrected chi connectivity index (χ1v) is 7.72. The van der Waals surface area contributed by atoms with Crippen molar-refractivity contribution >= 4 is 0 Å². The fourth-order valence-corrected chi connectivity index (χ4v) is 2.45. The van der Waals surface area contributed by atoms with Gasteiger partial charge < -0.3 is 9.84 Å². The third-order valence-corrected chi connectivity index (χ3v) is 3.50. The highest BCUT2D eigenvalue weighted by Gasteiger charge is 2.22. The van der Waals surface area contributed by atoms with E-state index in [2.05, 4.69) is 28.9 Å². The van der Waals surface area contributed by atoms with Crippen LogP contribution in [0.15, 0.2) is 37.2 Å². The molecule has 2 rings (SSSR count). The molecule has 0 fully saturated rings. The second kappa shape index (κ2) is 8.48. The van der Waals surface area contributed by atoms with E-state index in [0.717, 1.165) is 25.0 Å². The molecule has 2 aromatic rings. The van der Waals surface area contributed by atoms with Crippen molar-refractivity contribution < 1.29 is 9.84 Å². The number of aliphatic hydroxyl groups is 1. The predicted molar refractivity (Wildman–Crippen MR) is 83.5 cm³/mol. The van der Waals surface area contributed by atoms with E-state index in [1.807, 2.05) is 12.1 Å². The normalized spacial score (nSPS) is 14.0. The van der Waals surface area contributed by atoms with Crippen LogP contribution in [-0.2, 0) is 0 Å². The Bertz CT molecular complexity index is 516. The SMILES string of the molecule is CC(C)CC(O)C(CCCOc1ccncc1)n1cncn1. The molecule has 0 saturated heterocycles. The number of ether oxygens (including phenoxy) is 1. The second-order valence-corrected chi connectivity index (χ2v) is 5.81. The summed E-state index contributed by atoms with van der Waals surface area (Å²) >= 11 is 0. The van der Waals surface area contributed by atoms with Crippen LogP contribution in [0.5, 0.6) is 5.75 Å². The molecule has 6 heteroatoms. The largest absolute Gasteiger partial charge is 0.493 e. The number of nitrogens with zero attached hydrogens (tertiary/aromatic N) is 4. The molecule has 6 nitrogen and oxygen atoms in total. The minimum atomic E-state index is -0.428. The highest BCUT2D eigenvalue weighted by molar-refractivity contribution is 5.16. The maximum Gasteiger partial charge on any atom is 0.137 e. The van der Waals surface area contributed by atoms with Crippen molar-refractivity contribution in [3.05, 3.63) is 37.2 Å². The Kier molecular flexibility index (Phi) is 6.33. The molecule has 0 radical (unpaired) electrons. The first-order chi connectivity index (χ1) is 10.7. The molecule has 0 aliphatic rings.